The Hall–Kier alpha value is -1.96. The smallest absolute Gasteiger partial charge is 0.241 e. The van der Waals surface area contributed by atoms with Crippen molar-refractivity contribution in [3.05, 3.63) is 59.4 Å². The summed E-state index contributed by atoms with van der Waals surface area (Å²) in [7, 11) is -3.82. The van der Waals surface area contributed by atoms with Crippen molar-refractivity contribution in [2.45, 2.75) is 4.90 Å². The van der Waals surface area contributed by atoms with Gasteiger partial charge < -0.3 is 5.32 Å². The van der Waals surface area contributed by atoms with E-state index in [2.05, 4.69) is 10.0 Å². The molecule has 0 atom stereocenters. The molecule has 2 rings (SSSR count). The van der Waals surface area contributed by atoms with E-state index >= 15 is 0 Å². The van der Waals surface area contributed by atoms with Crippen LogP contribution in [0.4, 0.5) is 10.1 Å². The van der Waals surface area contributed by atoms with Crippen LogP contribution in [0.25, 0.3) is 0 Å². The first kappa shape index (κ1) is 16.4. The average Bonchev–Trinajstić information content (AvgIpc) is 2.46. The Morgan fingerprint density at radius 3 is 2.45 bits per heavy atom. The molecule has 0 spiro atoms. The van der Waals surface area contributed by atoms with Gasteiger partial charge in [0.2, 0.25) is 15.9 Å². The second-order valence-corrected chi connectivity index (χ2v) is 6.54. The van der Waals surface area contributed by atoms with Crippen LogP contribution in [-0.4, -0.2) is 20.9 Å². The maximum absolute atomic E-state index is 13.0. The van der Waals surface area contributed by atoms with Gasteiger partial charge in [0.05, 0.1) is 11.4 Å². The topological polar surface area (TPSA) is 75.3 Å². The highest BCUT2D eigenvalue weighted by molar-refractivity contribution is 7.89. The fourth-order valence-electron chi connectivity index (χ4n) is 1.63. The first-order valence-electron chi connectivity index (χ1n) is 6.17. The van der Waals surface area contributed by atoms with Crippen molar-refractivity contribution in [2.75, 3.05) is 11.9 Å². The number of carbonyl (C=O) groups excluding carboxylic acids is 1. The number of rotatable bonds is 5. The molecule has 0 aliphatic carbocycles. The molecule has 0 unspecified atom stereocenters. The molecule has 0 aliphatic rings. The van der Waals surface area contributed by atoms with Gasteiger partial charge in [-0.25, -0.2) is 17.5 Å². The minimum atomic E-state index is -3.82. The summed E-state index contributed by atoms with van der Waals surface area (Å²) in [6.07, 6.45) is 0. The van der Waals surface area contributed by atoms with Gasteiger partial charge in [-0.1, -0.05) is 17.7 Å². The predicted molar refractivity (Wildman–Crippen MR) is 81.7 cm³/mol. The molecule has 2 aromatic carbocycles. The maximum Gasteiger partial charge on any atom is 0.241 e. The fourth-order valence-corrected chi connectivity index (χ4v) is 2.74. The van der Waals surface area contributed by atoms with E-state index in [4.69, 9.17) is 11.6 Å². The summed E-state index contributed by atoms with van der Waals surface area (Å²) >= 11 is 5.68. The maximum atomic E-state index is 13.0. The zero-order valence-electron chi connectivity index (χ0n) is 11.2. The Bertz CT molecular complexity index is 779. The number of anilines is 1. The van der Waals surface area contributed by atoms with Crippen LogP contribution in [0.1, 0.15) is 0 Å². The van der Waals surface area contributed by atoms with Gasteiger partial charge in [-0.2, -0.15) is 0 Å². The number of sulfonamides is 1. The fraction of sp³-hybridized carbons (Fsp3) is 0.0714. The lowest BCUT2D eigenvalue weighted by Crippen LogP contribution is -2.32. The quantitative estimate of drug-likeness (QED) is 0.876. The van der Waals surface area contributed by atoms with Gasteiger partial charge >= 0.3 is 0 Å². The molecular weight excluding hydrogens is 331 g/mol. The van der Waals surface area contributed by atoms with Gasteiger partial charge in [-0.3, -0.25) is 4.79 Å². The Balaban J connectivity index is 1.97. The number of nitrogens with one attached hydrogen (secondary N) is 2. The third-order valence-corrected chi connectivity index (χ3v) is 4.32. The third-order valence-electron chi connectivity index (χ3n) is 2.66. The number of hydrogen-bond donors (Lipinski definition) is 2. The van der Waals surface area contributed by atoms with Crippen LogP contribution < -0.4 is 10.0 Å². The number of amides is 1. The van der Waals surface area contributed by atoms with Gasteiger partial charge in [0.25, 0.3) is 0 Å². The lowest BCUT2D eigenvalue weighted by molar-refractivity contribution is -0.115. The molecule has 116 valence electrons. The number of carbonyl (C=O) groups is 1. The summed E-state index contributed by atoms with van der Waals surface area (Å²) in [6.45, 7) is -0.471. The van der Waals surface area contributed by atoms with Crippen molar-refractivity contribution in [2.24, 2.45) is 0 Å². The first-order chi connectivity index (χ1) is 10.4. The largest absolute Gasteiger partial charge is 0.325 e. The Morgan fingerprint density at radius 2 is 1.82 bits per heavy atom. The van der Waals surface area contributed by atoms with Crippen LogP contribution in [0.5, 0.6) is 0 Å². The van der Waals surface area contributed by atoms with Gasteiger partial charge in [0, 0.05) is 10.7 Å². The van der Waals surface area contributed by atoms with Crippen molar-refractivity contribution in [1.29, 1.82) is 0 Å². The average molecular weight is 343 g/mol. The van der Waals surface area contributed by atoms with E-state index in [1.165, 1.54) is 42.5 Å². The van der Waals surface area contributed by atoms with Crippen molar-refractivity contribution in [3.63, 3.8) is 0 Å². The SMILES string of the molecule is O=C(CNS(=O)(=O)c1ccc(Cl)cc1)Nc1cccc(F)c1. The van der Waals surface area contributed by atoms with Crippen LogP contribution in [0.3, 0.4) is 0 Å². The van der Waals surface area contributed by atoms with Crippen molar-refractivity contribution in [3.8, 4) is 0 Å². The minimum Gasteiger partial charge on any atom is -0.325 e. The lowest BCUT2D eigenvalue weighted by Gasteiger charge is -2.08. The minimum absolute atomic E-state index is 0.00421. The van der Waals surface area contributed by atoms with Crippen LogP contribution in [0, 0.1) is 5.82 Å². The Kier molecular flexibility index (Phi) is 5.12. The molecule has 2 N–H and O–H groups in total. The second kappa shape index (κ2) is 6.87. The van der Waals surface area contributed by atoms with Gasteiger partial charge in [-0.05, 0) is 42.5 Å². The van der Waals surface area contributed by atoms with Crippen molar-refractivity contribution in [1.82, 2.24) is 4.72 Å². The molecule has 0 aromatic heterocycles. The zero-order chi connectivity index (χ0) is 16.2. The summed E-state index contributed by atoms with van der Waals surface area (Å²) in [6, 6.07) is 10.8. The zero-order valence-corrected chi connectivity index (χ0v) is 12.8. The van der Waals surface area contributed by atoms with E-state index in [-0.39, 0.29) is 10.6 Å². The molecule has 0 radical (unpaired) electrons. The standard InChI is InChI=1S/C14H12ClFN2O3S/c15-10-4-6-13(7-5-10)22(20,21)17-9-14(19)18-12-3-1-2-11(16)8-12/h1-8,17H,9H2,(H,18,19). The summed E-state index contributed by atoms with van der Waals surface area (Å²) < 4.78 is 39.0. The Labute approximate surface area is 132 Å². The molecule has 0 fully saturated rings. The molecule has 2 aromatic rings. The summed E-state index contributed by atoms with van der Waals surface area (Å²) in [5.74, 6) is -1.11. The molecule has 1 amide bonds. The van der Waals surface area contributed by atoms with Crippen LogP contribution >= 0.6 is 11.6 Å². The van der Waals surface area contributed by atoms with E-state index in [1.807, 2.05) is 0 Å². The Morgan fingerprint density at radius 1 is 1.14 bits per heavy atom. The van der Waals surface area contributed by atoms with Crippen LogP contribution in [-0.2, 0) is 14.8 Å². The van der Waals surface area contributed by atoms with Gasteiger partial charge in [0.15, 0.2) is 0 Å². The highest BCUT2D eigenvalue weighted by atomic mass is 35.5. The van der Waals surface area contributed by atoms with Crippen molar-refractivity contribution >= 4 is 33.2 Å². The summed E-state index contributed by atoms with van der Waals surface area (Å²) in [4.78, 5) is 11.7. The highest BCUT2D eigenvalue weighted by Crippen LogP contribution is 2.14. The lowest BCUT2D eigenvalue weighted by atomic mass is 10.3. The van der Waals surface area contributed by atoms with Crippen molar-refractivity contribution < 1.29 is 17.6 Å². The van der Waals surface area contributed by atoms with Gasteiger partial charge in [0.1, 0.15) is 5.82 Å². The molecule has 22 heavy (non-hydrogen) atoms. The monoisotopic (exact) mass is 342 g/mol. The van der Waals surface area contributed by atoms with E-state index < -0.39 is 28.3 Å². The predicted octanol–water partition coefficient (Wildman–Crippen LogP) is 2.40. The van der Waals surface area contributed by atoms with Crippen LogP contribution in [0.15, 0.2) is 53.4 Å². The van der Waals surface area contributed by atoms with E-state index in [1.54, 1.807) is 0 Å². The highest BCUT2D eigenvalue weighted by Gasteiger charge is 2.15. The molecule has 0 bridgehead atoms. The third kappa shape index (κ3) is 4.52. The van der Waals surface area contributed by atoms with E-state index in [0.717, 1.165) is 6.07 Å². The normalized spacial score (nSPS) is 11.2. The number of benzene rings is 2. The summed E-state index contributed by atoms with van der Waals surface area (Å²) in [5.41, 5.74) is 0.246. The summed E-state index contributed by atoms with van der Waals surface area (Å²) in [5, 5.41) is 2.79. The molecule has 8 heteroatoms. The van der Waals surface area contributed by atoms with Gasteiger partial charge in [-0.15, -0.1) is 0 Å². The molecule has 0 saturated heterocycles. The van der Waals surface area contributed by atoms with E-state index in [0.29, 0.717) is 5.02 Å². The number of hydrogen-bond acceptors (Lipinski definition) is 3. The van der Waals surface area contributed by atoms with E-state index in [9.17, 15) is 17.6 Å². The molecule has 5 nitrogen and oxygen atoms in total. The second-order valence-electron chi connectivity index (χ2n) is 4.34. The van der Waals surface area contributed by atoms with Crippen LogP contribution in [0.2, 0.25) is 5.02 Å². The number of halogens is 2. The molecule has 0 saturated carbocycles. The molecule has 0 heterocycles. The molecular formula is C14H12ClFN2O3S. The first-order valence-corrected chi connectivity index (χ1v) is 8.03. The molecule has 0 aliphatic heterocycles.